The van der Waals surface area contributed by atoms with Crippen LogP contribution in [0.3, 0.4) is 0 Å². The van der Waals surface area contributed by atoms with Gasteiger partial charge in [0.05, 0.1) is 6.61 Å². The molecule has 0 spiro atoms. The molecular formula is C16H26BrNO2. The molecule has 4 heteroatoms. The van der Waals surface area contributed by atoms with Crippen molar-refractivity contribution in [3.8, 4) is 5.75 Å². The lowest BCUT2D eigenvalue weighted by molar-refractivity contribution is 0.0974. The van der Waals surface area contributed by atoms with Gasteiger partial charge in [-0.1, -0.05) is 36.2 Å². The number of hydrogen-bond donors (Lipinski definition) is 1. The summed E-state index contributed by atoms with van der Waals surface area (Å²) in [6.45, 7) is 10.2. The number of nitrogens with one attached hydrogen (secondary N) is 1. The zero-order valence-electron chi connectivity index (χ0n) is 12.8. The number of halogens is 1. The Kier molecular flexibility index (Phi) is 8.90. The van der Waals surface area contributed by atoms with Gasteiger partial charge in [0.15, 0.2) is 0 Å². The minimum atomic E-state index is 0.602. The van der Waals surface area contributed by atoms with Crippen molar-refractivity contribution in [2.45, 2.75) is 40.2 Å². The Balaban J connectivity index is 2.53. The maximum absolute atomic E-state index is 5.91. The molecule has 0 saturated heterocycles. The summed E-state index contributed by atoms with van der Waals surface area (Å²) in [5.41, 5.74) is 2.34. The van der Waals surface area contributed by atoms with E-state index in [1.807, 2.05) is 0 Å². The maximum atomic E-state index is 5.91. The highest BCUT2D eigenvalue weighted by molar-refractivity contribution is 9.10. The van der Waals surface area contributed by atoms with Crippen LogP contribution in [0.4, 0.5) is 0 Å². The van der Waals surface area contributed by atoms with E-state index in [-0.39, 0.29) is 0 Å². The van der Waals surface area contributed by atoms with Crippen LogP contribution in [0, 0.1) is 6.92 Å². The van der Waals surface area contributed by atoms with Crippen LogP contribution < -0.4 is 10.1 Å². The second-order valence-corrected chi connectivity index (χ2v) is 5.72. The van der Waals surface area contributed by atoms with Gasteiger partial charge in [-0.2, -0.15) is 0 Å². The molecule has 0 saturated carbocycles. The zero-order valence-corrected chi connectivity index (χ0v) is 14.4. The van der Waals surface area contributed by atoms with E-state index < -0.39 is 0 Å². The summed E-state index contributed by atoms with van der Waals surface area (Å²) < 4.78 is 12.5. The maximum Gasteiger partial charge on any atom is 0.126 e. The standard InChI is InChI=1S/C16H26BrNO2/c1-4-6-7-19-8-9-20-16-13(3)10-15(17)11-14(16)12-18-5-2/h10-11,18H,4-9,12H2,1-3H3. The number of rotatable bonds is 10. The number of hydrogen-bond acceptors (Lipinski definition) is 3. The Morgan fingerprint density at radius 2 is 1.95 bits per heavy atom. The van der Waals surface area contributed by atoms with Crippen molar-refractivity contribution in [2.24, 2.45) is 0 Å². The Labute approximate surface area is 131 Å². The van der Waals surface area contributed by atoms with Crippen LogP contribution >= 0.6 is 15.9 Å². The molecule has 3 nitrogen and oxygen atoms in total. The third-order valence-electron chi connectivity index (χ3n) is 3.00. The monoisotopic (exact) mass is 343 g/mol. The van der Waals surface area contributed by atoms with Crippen LogP contribution in [0.1, 0.15) is 37.8 Å². The third kappa shape index (κ3) is 6.25. The number of ether oxygens (including phenoxy) is 2. The first-order chi connectivity index (χ1) is 9.69. The highest BCUT2D eigenvalue weighted by Gasteiger charge is 2.08. The molecule has 114 valence electrons. The van der Waals surface area contributed by atoms with E-state index in [0.29, 0.717) is 13.2 Å². The van der Waals surface area contributed by atoms with Gasteiger partial charge in [-0.3, -0.25) is 0 Å². The van der Waals surface area contributed by atoms with Crippen molar-refractivity contribution in [1.82, 2.24) is 5.32 Å². The van der Waals surface area contributed by atoms with Crippen molar-refractivity contribution < 1.29 is 9.47 Å². The van der Waals surface area contributed by atoms with E-state index in [4.69, 9.17) is 9.47 Å². The van der Waals surface area contributed by atoms with E-state index in [0.717, 1.165) is 41.9 Å². The first-order valence-electron chi connectivity index (χ1n) is 7.39. The Hall–Kier alpha value is -0.580. The van der Waals surface area contributed by atoms with Gasteiger partial charge in [0, 0.05) is 23.2 Å². The fraction of sp³-hybridized carbons (Fsp3) is 0.625. The summed E-state index contributed by atoms with van der Waals surface area (Å²) in [6.07, 6.45) is 2.28. The SMILES string of the molecule is CCCCOCCOc1c(C)cc(Br)cc1CNCC. The Morgan fingerprint density at radius 1 is 1.15 bits per heavy atom. The van der Waals surface area contributed by atoms with Gasteiger partial charge in [-0.25, -0.2) is 0 Å². The molecule has 0 bridgehead atoms. The lowest BCUT2D eigenvalue weighted by Gasteiger charge is -2.15. The van der Waals surface area contributed by atoms with E-state index in [2.05, 4.69) is 54.2 Å². The third-order valence-corrected chi connectivity index (χ3v) is 3.46. The predicted octanol–water partition coefficient (Wildman–Crippen LogP) is 4.06. The van der Waals surface area contributed by atoms with Crippen molar-refractivity contribution in [2.75, 3.05) is 26.4 Å². The lowest BCUT2D eigenvalue weighted by Crippen LogP contribution is -2.15. The Bertz CT molecular complexity index is 396. The summed E-state index contributed by atoms with van der Waals surface area (Å²) in [5.74, 6) is 0.980. The van der Waals surface area contributed by atoms with Gasteiger partial charge in [0.25, 0.3) is 0 Å². The highest BCUT2D eigenvalue weighted by atomic mass is 79.9. The minimum absolute atomic E-state index is 0.602. The molecule has 1 aromatic carbocycles. The fourth-order valence-electron chi connectivity index (χ4n) is 1.95. The van der Waals surface area contributed by atoms with Crippen molar-refractivity contribution in [1.29, 1.82) is 0 Å². The highest BCUT2D eigenvalue weighted by Crippen LogP contribution is 2.28. The lowest BCUT2D eigenvalue weighted by atomic mass is 10.1. The van der Waals surface area contributed by atoms with E-state index in [1.54, 1.807) is 0 Å². The molecule has 1 rings (SSSR count). The molecule has 0 aromatic heterocycles. The van der Waals surface area contributed by atoms with Gasteiger partial charge >= 0.3 is 0 Å². The topological polar surface area (TPSA) is 30.5 Å². The first-order valence-corrected chi connectivity index (χ1v) is 8.18. The zero-order chi connectivity index (χ0) is 14.8. The molecule has 0 radical (unpaired) electrons. The summed E-state index contributed by atoms with van der Waals surface area (Å²) in [5, 5.41) is 3.35. The molecule has 0 atom stereocenters. The minimum Gasteiger partial charge on any atom is -0.491 e. The van der Waals surface area contributed by atoms with Crippen molar-refractivity contribution in [3.05, 3.63) is 27.7 Å². The van der Waals surface area contributed by atoms with Crippen LogP contribution in [0.2, 0.25) is 0 Å². The molecule has 1 N–H and O–H groups in total. The van der Waals surface area contributed by atoms with Gasteiger partial charge < -0.3 is 14.8 Å². The predicted molar refractivity (Wildman–Crippen MR) is 87.5 cm³/mol. The molecule has 20 heavy (non-hydrogen) atoms. The normalized spacial score (nSPS) is 10.8. The number of aryl methyl sites for hydroxylation is 1. The summed E-state index contributed by atoms with van der Waals surface area (Å²) >= 11 is 3.54. The summed E-state index contributed by atoms with van der Waals surface area (Å²) in [6, 6.07) is 4.20. The second kappa shape index (κ2) is 10.2. The molecule has 0 aliphatic rings. The van der Waals surface area contributed by atoms with Gasteiger partial charge in [-0.15, -0.1) is 0 Å². The van der Waals surface area contributed by atoms with Crippen LogP contribution in [0.5, 0.6) is 5.75 Å². The van der Waals surface area contributed by atoms with E-state index in [9.17, 15) is 0 Å². The molecule has 0 fully saturated rings. The smallest absolute Gasteiger partial charge is 0.126 e. The average molecular weight is 344 g/mol. The van der Waals surface area contributed by atoms with Crippen molar-refractivity contribution >= 4 is 15.9 Å². The van der Waals surface area contributed by atoms with E-state index >= 15 is 0 Å². The molecule has 0 amide bonds. The summed E-state index contributed by atoms with van der Waals surface area (Å²) in [4.78, 5) is 0. The van der Waals surface area contributed by atoms with Crippen LogP contribution in [0.25, 0.3) is 0 Å². The molecule has 0 aliphatic carbocycles. The quantitative estimate of drug-likeness (QED) is 0.649. The van der Waals surface area contributed by atoms with Crippen LogP contribution in [-0.4, -0.2) is 26.4 Å². The van der Waals surface area contributed by atoms with Crippen molar-refractivity contribution in [3.63, 3.8) is 0 Å². The number of benzene rings is 1. The van der Waals surface area contributed by atoms with E-state index in [1.165, 1.54) is 12.0 Å². The van der Waals surface area contributed by atoms with Gasteiger partial charge in [-0.05, 0) is 37.6 Å². The number of unbranched alkanes of at least 4 members (excludes halogenated alkanes) is 1. The van der Waals surface area contributed by atoms with Gasteiger partial charge in [0.1, 0.15) is 12.4 Å². The average Bonchev–Trinajstić information content (AvgIpc) is 2.42. The molecule has 1 aromatic rings. The second-order valence-electron chi connectivity index (χ2n) is 4.81. The summed E-state index contributed by atoms with van der Waals surface area (Å²) in [7, 11) is 0. The van der Waals surface area contributed by atoms with Gasteiger partial charge in [0.2, 0.25) is 0 Å². The molecule has 0 unspecified atom stereocenters. The first kappa shape index (κ1) is 17.5. The Morgan fingerprint density at radius 3 is 2.65 bits per heavy atom. The van der Waals surface area contributed by atoms with Crippen LogP contribution in [0.15, 0.2) is 16.6 Å². The largest absolute Gasteiger partial charge is 0.491 e. The fourth-order valence-corrected chi connectivity index (χ4v) is 2.57. The molecule has 0 aliphatic heterocycles. The molecule has 0 heterocycles. The molecular weight excluding hydrogens is 318 g/mol. The van der Waals surface area contributed by atoms with Crippen LogP contribution in [-0.2, 0) is 11.3 Å².